The molecule has 85 heavy (non-hydrogen) atoms. The van der Waals surface area contributed by atoms with Gasteiger partial charge in [0, 0.05) is 87.8 Å². The van der Waals surface area contributed by atoms with Gasteiger partial charge in [-0.25, -0.2) is 9.59 Å². The summed E-state index contributed by atoms with van der Waals surface area (Å²) < 4.78 is 14.3. The molecule has 20 nitrogen and oxygen atoms in total. The summed E-state index contributed by atoms with van der Waals surface area (Å²) in [6, 6.07) is 31.5. The van der Waals surface area contributed by atoms with Crippen molar-refractivity contribution in [2.45, 2.75) is 74.6 Å². The first-order chi connectivity index (χ1) is 40.3. The van der Waals surface area contributed by atoms with E-state index in [2.05, 4.69) is 20.9 Å². The van der Waals surface area contributed by atoms with Crippen LogP contribution in [0.5, 0.6) is 0 Å². The number of aliphatic hydroxyl groups is 4. The predicted molar refractivity (Wildman–Crippen MR) is 322 cm³/mol. The van der Waals surface area contributed by atoms with Crippen LogP contribution in [0.3, 0.4) is 0 Å². The Kier molecular flexibility index (Phi) is 30.0. The number of aromatic nitrogens is 1. The van der Waals surface area contributed by atoms with Gasteiger partial charge in [-0.05, 0) is 112 Å². The van der Waals surface area contributed by atoms with Gasteiger partial charge in [0.2, 0.25) is 17.7 Å². The normalized spacial score (nSPS) is 13.4. The average Bonchev–Trinajstić information content (AvgIpc) is 3.51. The number of carbonyl (C=O) groups is 6. The number of carboxylic acids is 3. The lowest BCUT2D eigenvalue weighted by Crippen LogP contribution is -2.52. The number of pyridine rings is 1. The highest BCUT2D eigenvalue weighted by atomic mass is 35.5. The highest BCUT2D eigenvalue weighted by Crippen LogP contribution is 2.30. The quantitative estimate of drug-likeness (QED) is 0.0234. The maximum atomic E-state index is 11.8. The maximum absolute atomic E-state index is 11.8. The van der Waals surface area contributed by atoms with Crippen molar-refractivity contribution in [2.75, 3.05) is 41.2 Å². The second-order valence-corrected chi connectivity index (χ2v) is 21.6. The minimum atomic E-state index is -2.07. The van der Waals surface area contributed by atoms with E-state index < -0.39 is 78.7 Å². The van der Waals surface area contributed by atoms with Gasteiger partial charge in [0.05, 0.1) is 24.6 Å². The van der Waals surface area contributed by atoms with Gasteiger partial charge in [-0.3, -0.25) is 24.2 Å². The summed E-state index contributed by atoms with van der Waals surface area (Å²) in [4.78, 5) is 72.6. The van der Waals surface area contributed by atoms with Gasteiger partial charge in [-0.2, -0.15) is 0 Å². The van der Waals surface area contributed by atoms with Crippen LogP contribution in [0.25, 0.3) is 33.4 Å². The topological polar surface area (TPSA) is 321 Å². The Hall–Kier alpha value is -6.47. The molecule has 456 valence electrons. The van der Waals surface area contributed by atoms with Crippen molar-refractivity contribution in [3.05, 3.63) is 168 Å². The number of aliphatic hydroxyl groups excluding tert-OH is 4. The maximum Gasteiger partial charge on any atom is 0.335 e. The molecule has 0 radical (unpaired) electrons. The Morgan fingerprint density at radius 2 is 0.859 bits per heavy atom. The Bertz CT molecular complexity index is 3120. The minimum Gasteiger partial charge on any atom is -0.481 e. The molecule has 0 fully saturated rings. The van der Waals surface area contributed by atoms with Crippen LogP contribution in [0, 0.1) is 0 Å². The fraction of sp³-hybridized carbons (Fsp3) is 0.305. The van der Waals surface area contributed by atoms with Gasteiger partial charge >= 0.3 is 17.9 Å². The third-order valence-corrected chi connectivity index (χ3v) is 13.5. The van der Waals surface area contributed by atoms with Crippen molar-refractivity contribution >= 4 is 105 Å². The van der Waals surface area contributed by atoms with E-state index in [9.17, 15) is 49.2 Å². The molecule has 1 aromatic heterocycles. The second-order valence-electron chi connectivity index (χ2n) is 19.0. The Labute approximate surface area is 519 Å². The highest BCUT2D eigenvalue weighted by molar-refractivity contribution is 6.36. The second kappa shape index (κ2) is 35.9. The first-order valence-electron chi connectivity index (χ1n) is 25.5. The van der Waals surface area contributed by atoms with Crippen molar-refractivity contribution in [1.29, 1.82) is 0 Å². The van der Waals surface area contributed by atoms with Gasteiger partial charge in [0.15, 0.2) is 12.2 Å². The number of aliphatic carboxylic acids is 3. The van der Waals surface area contributed by atoms with E-state index in [0.717, 1.165) is 44.5 Å². The molecule has 0 aliphatic carbocycles. The predicted octanol–water partition coefficient (Wildman–Crippen LogP) is 7.87. The van der Waals surface area contributed by atoms with Crippen LogP contribution in [0.1, 0.15) is 29.7 Å². The van der Waals surface area contributed by atoms with Crippen molar-refractivity contribution in [2.24, 2.45) is 0 Å². The summed E-state index contributed by atoms with van der Waals surface area (Å²) in [5, 5.41) is 77.3. The molecule has 3 amide bonds. The molecule has 0 bridgehead atoms. The van der Waals surface area contributed by atoms with Crippen LogP contribution in [0.2, 0.25) is 30.1 Å². The van der Waals surface area contributed by atoms with Gasteiger partial charge < -0.3 is 65.9 Å². The Morgan fingerprint density at radius 3 is 1.24 bits per heavy atom. The van der Waals surface area contributed by atoms with Crippen LogP contribution in [-0.4, -0.2) is 160 Å². The van der Waals surface area contributed by atoms with Crippen LogP contribution in [0.15, 0.2) is 121 Å². The zero-order chi connectivity index (χ0) is 62.9. The largest absolute Gasteiger partial charge is 0.481 e. The summed E-state index contributed by atoms with van der Waals surface area (Å²) in [7, 11) is 4.09. The number of amides is 3. The summed E-state index contributed by atoms with van der Waals surface area (Å²) in [5.41, 5.74) is 7.20. The Morgan fingerprint density at radius 1 is 0.471 bits per heavy atom. The molecule has 5 aromatic carbocycles. The number of carbonyl (C=O) groups excluding carboxylic acids is 3. The summed E-state index contributed by atoms with van der Waals surface area (Å²) >= 11 is 36.2. The number of nitrogens with one attached hydrogen (secondary N) is 3. The van der Waals surface area contributed by atoms with Crippen LogP contribution < -0.4 is 16.0 Å². The molecule has 0 aliphatic heterocycles. The lowest BCUT2D eigenvalue weighted by atomic mass is 9.97. The van der Waals surface area contributed by atoms with Crippen LogP contribution >= 0.6 is 69.6 Å². The highest BCUT2D eigenvalue weighted by Gasteiger charge is 2.33. The van der Waals surface area contributed by atoms with E-state index in [1.54, 1.807) is 72.9 Å². The van der Waals surface area contributed by atoms with Crippen molar-refractivity contribution < 1.29 is 78.7 Å². The molecule has 0 spiro atoms. The standard InChI is InChI=1S/2C20H21Cl2NO5.C19H20Cl2N2O6/c1-28-11-19(25)23-17(18(24)10-20(26)27)6-12-2-4-13(5-3-12)14-7-15(21)9-16(22)8-14;1-28-11-19(25)23-17(10-18(24)20(26)27)6-12-2-4-13(5-3-12)14-7-15(21)9-16(22)8-14;1-29-9-16(24)23-15(17(25)18(26)19(27)28)7-14-3-2-10(8-22-14)11-4-12(20)6-13(21)5-11/h2*2-5,7-9,17-18,24H,6,10-11H2,1H3,(H,23,25)(H,26,27);2-6,8,15,17-18,25-26H,7,9H2,1H3,(H,23,24)(H,27,28)/t2*17-,18?;15-,17-,18+/m000/s1. The minimum absolute atomic E-state index is 0.0163. The SMILES string of the molecule is COCC(=O)N[C@@H](Cc1ccc(-c2cc(Cl)cc(Cl)c2)cc1)C(O)CC(=O)O.COCC(=O)N[C@@H](Cc1ccc(-c2cc(Cl)cc(Cl)c2)cc1)CC(O)C(=O)O.COCC(=O)N[C@@H](Cc1ccc(-c2cc(Cl)cc(Cl)c2)cn1)[C@H](O)[C@@H](O)C(=O)O. The Balaban J connectivity index is 0.000000273. The average molecular weight is 1300 g/mol. The molecule has 6 rings (SSSR count). The lowest BCUT2D eigenvalue weighted by Gasteiger charge is -2.25. The van der Waals surface area contributed by atoms with Gasteiger partial charge in [0.25, 0.3) is 0 Å². The number of hydrogen-bond acceptors (Lipinski definition) is 14. The van der Waals surface area contributed by atoms with Gasteiger partial charge in [-0.1, -0.05) is 124 Å². The van der Waals surface area contributed by atoms with E-state index >= 15 is 0 Å². The molecule has 0 saturated heterocycles. The van der Waals surface area contributed by atoms with E-state index in [0.29, 0.717) is 42.3 Å². The van der Waals surface area contributed by atoms with Crippen molar-refractivity contribution in [3.63, 3.8) is 0 Å². The summed E-state index contributed by atoms with van der Waals surface area (Å²) in [6.07, 6.45) is -5.05. The number of ether oxygens (including phenoxy) is 3. The number of rotatable bonds is 27. The van der Waals surface area contributed by atoms with Crippen molar-refractivity contribution in [1.82, 2.24) is 20.9 Å². The molecule has 7 atom stereocenters. The number of halogens is 6. The molecular formula is C59H62Cl6N4O16. The number of carboxylic acid groups (broad SMARTS) is 3. The first-order valence-corrected chi connectivity index (χ1v) is 27.8. The number of hydrogen-bond donors (Lipinski definition) is 10. The van der Waals surface area contributed by atoms with E-state index in [1.165, 1.54) is 21.3 Å². The molecular weight excluding hydrogens is 1230 g/mol. The van der Waals surface area contributed by atoms with E-state index in [1.807, 2.05) is 48.5 Å². The molecule has 6 aromatic rings. The zero-order valence-electron chi connectivity index (χ0n) is 45.8. The van der Waals surface area contributed by atoms with Crippen LogP contribution in [0.4, 0.5) is 0 Å². The number of methoxy groups -OCH3 is 3. The van der Waals surface area contributed by atoms with Gasteiger partial charge in [-0.15, -0.1) is 0 Å². The van der Waals surface area contributed by atoms with Crippen LogP contribution in [-0.2, 0) is 62.2 Å². The molecule has 1 heterocycles. The smallest absolute Gasteiger partial charge is 0.335 e. The van der Waals surface area contributed by atoms with Crippen molar-refractivity contribution in [3.8, 4) is 33.4 Å². The zero-order valence-corrected chi connectivity index (χ0v) is 50.3. The van der Waals surface area contributed by atoms with E-state index in [4.69, 9.17) is 99.1 Å². The van der Waals surface area contributed by atoms with E-state index in [-0.39, 0.29) is 45.0 Å². The fourth-order valence-corrected chi connectivity index (χ4v) is 9.84. The third-order valence-electron chi connectivity index (χ3n) is 12.2. The molecule has 10 N–H and O–H groups in total. The lowest BCUT2D eigenvalue weighted by molar-refractivity contribution is -0.154. The first kappa shape index (κ1) is 71.0. The fourth-order valence-electron chi connectivity index (χ4n) is 8.26. The van der Waals surface area contributed by atoms with Gasteiger partial charge in [0.1, 0.15) is 25.9 Å². The summed E-state index contributed by atoms with van der Waals surface area (Å²) in [5.74, 6) is -5.47. The summed E-state index contributed by atoms with van der Waals surface area (Å²) in [6.45, 7) is -0.604. The molecule has 0 aliphatic rings. The third kappa shape index (κ3) is 25.2. The molecule has 0 saturated carbocycles. The molecule has 26 heteroatoms. The molecule has 2 unspecified atom stereocenters. The monoisotopic (exact) mass is 1290 g/mol. The number of benzene rings is 5. The number of nitrogens with zero attached hydrogens (tertiary/aromatic N) is 1.